The van der Waals surface area contributed by atoms with Gasteiger partial charge in [-0.1, -0.05) is 48.9 Å². The van der Waals surface area contributed by atoms with Crippen molar-refractivity contribution >= 4 is 12.0 Å². The van der Waals surface area contributed by atoms with E-state index < -0.39 is 0 Å². The molecule has 0 aromatic heterocycles. The Morgan fingerprint density at radius 2 is 1.84 bits per heavy atom. The topological polar surface area (TPSA) is 23.6 Å². The Bertz CT molecular complexity index is 587. The molecule has 1 atom stereocenters. The molecule has 2 aliphatic heterocycles. The number of likely N-dealkylation sites (tertiary alicyclic amines) is 2. The fourth-order valence-corrected chi connectivity index (χ4v) is 4.22. The van der Waals surface area contributed by atoms with E-state index in [0.29, 0.717) is 11.8 Å². The Morgan fingerprint density at radius 3 is 2.52 bits per heavy atom. The number of carbonyl (C=O) groups excluding carboxylic acids is 1. The molecule has 0 unspecified atom stereocenters. The normalized spacial score (nSPS) is 23.7. The molecular weight excluding hydrogens is 308 g/mol. The number of nitrogens with zero attached hydrogens (tertiary/aromatic N) is 2. The molecule has 3 heteroatoms. The summed E-state index contributed by atoms with van der Waals surface area (Å²) >= 11 is 0. The molecule has 0 bridgehead atoms. The molecule has 2 heterocycles. The summed E-state index contributed by atoms with van der Waals surface area (Å²) in [6, 6.07) is 10.5. The van der Waals surface area contributed by atoms with Crippen LogP contribution in [-0.4, -0.2) is 48.4 Å². The lowest BCUT2D eigenvalue weighted by Crippen LogP contribution is -2.46. The van der Waals surface area contributed by atoms with Crippen LogP contribution in [0, 0.1) is 11.8 Å². The first-order chi connectivity index (χ1) is 12.1. The summed E-state index contributed by atoms with van der Waals surface area (Å²) in [6.07, 6.45) is 6.75. The lowest BCUT2D eigenvalue weighted by atomic mass is 9.92. The van der Waals surface area contributed by atoms with Crippen LogP contribution < -0.4 is 0 Å². The van der Waals surface area contributed by atoms with Crippen molar-refractivity contribution in [2.24, 2.45) is 11.8 Å². The summed E-state index contributed by atoms with van der Waals surface area (Å²) in [5.74, 6) is 1.34. The molecule has 0 aliphatic carbocycles. The van der Waals surface area contributed by atoms with Crippen LogP contribution in [0.1, 0.15) is 45.1 Å². The van der Waals surface area contributed by atoms with E-state index in [9.17, 15) is 4.79 Å². The lowest BCUT2D eigenvalue weighted by molar-refractivity contribution is -0.138. The van der Waals surface area contributed by atoms with Crippen molar-refractivity contribution in [3.63, 3.8) is 0 Å². The zero-order valence-corrected chi connectivity index (χ0v) is 15.8. The van der Waals surface area contributed by atoms with Gasteiger partial charge in [0.05, 0.1) is 0 Å². The smallest absolute Gasteiger partial charge is 0.225 e. The van der Waals surface area contributed by atoms with E-state index >= 15 is 0 Å². The summed E-state index contributed by atoms with van der Waals surface area (Å²) in [7, 11) is 0. The molecule has 3 nitrogen and oxygen atoms in total. The van der Waals surface area contributed by atoms with Gasteiger partial charge >= 0.3 is 0 Å². The van der Waals surface area contributed by atoms with E-state index in [2.05, 4.69) is 60.1 Å². The van der Waals surface area contributed by atoms with E-state index in [-0.39, 0.29) is 5.92 Å². The molecule has 0 spiro atoms. The fourth-order valence-electron chi connectivity index (χ4n) is 4.22. The second kappa shape index (κ2) is 8.66. The maximum absolute atomic E-state index is 12.8. The first-order valence-electron chi connectivity index (χ1n) is 9.85. The molecule has 1 amide bonds. The summed E-state index contributed by atoms with van der Waals surface area (Å²) in [5.41, 5.74) is 2.66. The number of benzene rings is 1. The van der Waals surface area contributed by atoms with Crippen molar-refractivity contribution in [1.82, 2.24) is 9.80 Å². The van der Waals surface area contributed by atoms with Gasteiger partial charge in [0.2, 0.25) is 5.91 Å². The van der Waals surface area contributed by atoms with Crippen molar-refractivity contribution in [2.75, 3.05) is 32.7 Å². The standard InChI is InChI=1S/C22H32N2O/c1-18-7-6-12-24(17-18)22(25)21-10-13-23(14-11-21)16-19(2)15-20-8-4-3-5-9-20/h3-5,8-9,15,18,21H,6-7,10-14,16-17H2,1-2H3/b19-15+/t18-/m1/s1. The quantitative estimate of drug-likeness (QED) is 0.825. The Morgan fingerprint density at radius 1 is 1.12 bits per heavy atom. The molecule has 1 aromatic carbocycles. The molecule has 3 rings (SSSR count). The van der Waals surface area contributed by atoms with Crippen LogP contribution in [0.5, 0.6) is 0 Å². The van der Waals surface area contributed by atoms with E-state index in [1.807, 2.05) is 0 Å². The highest BCUT2D eigenvalue weighted by atomic mass is 16.2. The Labute approximate surface area is 152 Å². The van der Waals surface area contributed by atoms with Gasteiger partial charge in [0.25, 0.3) is 0 Å². The molecule has 0 N–H and O–H groups in total. The first kappa shape index (κ1) is 18.2. The number of amides is 1. The number of carbonyl (C=O) groups is 1. The zero-order valence-electron chi connectivity index (χ0n) is 15.8. The maximum Gasteiger partial charge on any atom is 0.225 e. The third-order valence-electron chi connectivity index (χ3n) is 5.59. The molecule has 2 fully saturated rings. The van der Waals surface area contributed by atoms with Gasteiger partial charge in [0, 0.05) is 25.6 Å². The van der Waals surface area contributed by atoms with Gasteiger partial charge in [-0.3, -0.25) is 9.69 Å². The number of piperidine rings is 2. The Hall–Kier alpha value is -1.61. The number of hydrogen-bond donors (Lipinski definition) is 0. The molecule has 1 aromatic rings. The van der Waals surface area contributed by atoms with E-state index in [4.69, 9.17) is 0 Å². The summed E-state index contributed by atoms with van der Waals surface area (Å²) in [5, 5.41) is 0. The van der Waals surface area contributed by atoms with Crippen LogP contribution in [0.15, 0.2) is 35.9 Å². The predicted molar refractivity (Wildman–Crippen MR) is 104 cm³/mol. The second-order valence-electron chi connectivity index (χ2n) is 7.98. The minimum atomic E-state index is 0.250. The largest absolute Gasteiger partial charge is 0.342 e. The van der Waals surface area contributed by atoms with E-state index in [1.54, 1.807) is 0 Å². The average molecular weight is 341 g/mol. The minimum Gasteiger partial charge on any atom is -0.342 e. The molecule has 2 aliphatic rings. The van der Waals surface area contributed by atoms with Crippen molar-refractivity contribution in [1.29, 1.82) is 0 Å². The Balaban J connectivity index is 1.47. The average Bonchev–Trinajstić information content (AvgIpc) is 2.62. The predicted octanol–water partition coefficient (Wildman–Crippen LogP) is 4.06. The van der Waals surface area contributed by atoms with Crippen molar-refractivity contribution < 1.29 is 4.79 Å². The SMILES string of the molecule is C/C(=C\c1ccccc1)CN1CCC(C(=O)N2CCC[C@@H](C)C2)CC1. The second-order valence-corrected chi connectivity index (χ2v) is 7.98. The molecule has 0 saturated carbocycles. The van der Waals surface area contributed by atoms with Crippen LogP contribution in [0.3, 0.4) is 0 Å². The summed E-state index contributed by atoms with van der Waals surface area (Å²) in [4.78, 5) is 17.4. The van der Waals surface area contributed by atoms with Crippen LogP contribution in [0.2, 0.25) is 0 Å². The van der Waals surface area contributed by atoms with E-state index in [1.165, 1.54) is 24.0 Å². The van der Waals surface area contributed by atoms with Gasteiger partial charge in [0.1, 0.15) is 0 Å². The van der Waals surface area contributed by atoms with Gasteiger partial charge < -0.3 is 4.90 Å². The van der Waals surface area contributed by atoms with Gasteiger partial charge in [-0.05, 0) is 57.2 Å². The van der Waals surface area contributed by atoms with Gasteiger partial charge in [-0.25, -0.2) is 0 Å². The van der Waals surface area contributed by atoms with Crippen molar-refractivity contribution in [3.05, 3.63) is 41.5 Å². The summed E-state index contributed by atoms with van der Waals surface area (Å²) < 4.78 is 0. The van der Waals surface area contributed by atoms with Crippen LogP contribution in [0.25, 0.3) is 6.08 Å². The maximum atomic E-state index is 12.8. The third kappa shape index (κ3) is 5.18. The molecule has 2 saturated heterocycles. The van der Waals surface area contributed by atoms with Gasteiger partial charge in [-0.2, -0.15) is 0 Å². The molecule has 25 heavy (non-hydrogen) atoms. The number of rotatable bonds is 4. The fraction of sp³-hybridized carbons (Fsp3) is 0.591. The molecule has 136 valence electrons. The zero-order chi connectivity index (χ0) is 17.6. The first-order valence-corrected chi connectivity index (χ1v) is 9.85. The van der Waals surface area contributed by atoms with Crippen molar-refractivity contribution in [2.45, 2.75) is 39.5 Å². The van der Waals surface area contributed by atoms with Gasteiger partial charge in [-0.15, -0.1) is 0 Å². The highest BCUT2D eigenvalue weighted by Gasteiger charge is 2.30. The third-order valence-corrected chi connectivity index (χ3v) is 5.59. The molecular formula is C22H32N2O. The Kier molecular flexibility index (Phi) is 6.30. The highest BCUT2D eigenvalue weighted by Crippen LogP contribution is 2.24. The minimum absolute atomic E-state index is 0.250. The lowest BCUT2D eigenvalue weighted by Gasteiger charge is -2.37. The van der Waals surface area contributed by atoms with Crippen molar-refractivity contribution in [3.8, 4) is 0 Å². The van der Waals surface area contributed by atoms with E-state index in [0.717, 1.165) is 45.6 Å². The highest BCUT2D eigenvalue weighted by molar-refractivity contribution is 5.79. The van der Waals surface area contributed by atoms with Crippen LogP contribution in [0.4, 0.5) is 0 Å². The van der Waals surface area contributed by atoms with Crippen LogP contribution >= 0.6 is 0 Å². The number of hydrogen-bond acceptors (Lipinski definition) is 2. The monoisotopic (exact) mass is 340 g/mol. The molecule has 0 radical (unpaired) electrons. The van der Waals surface area contributed by atoms with Gasteiger partial charge in [0.15, 0.2) is 0 Å². The van der Waals surface area contributed by atoms with Crippen LogP contribution in [-0.2, 0) is 4.79 Å². The summed E-state index contributed by atoms with van der Waals surface area (Å²) in [6.45, 7) is 9.51.